The molecule has 1 unspecified atom stereocenters. The normalized spacial score (nSPS) is 16.2. The van der Waals surface area contributed by atoms with Crippen LogP contribution < -0.4 is 21.1 Å². The van der Waals surface area contributed by atoms with Crippen molar-refractivity contribution in [2.75, 3.05) is 6.54 Å². The minimum absolute atomic E-state index is 0.0602. The highest BCUT2D eigenvalue weighted by Gasteiger charge is 2.32. The largest absolute Gasteiger partial charge is 0.438 e. The van der Waals surface area contributed by atoms with E-state index in [-0.39, 0.29) is 22.6 Å². The number of alkyl halides is 3. The highest BCUT2D eigenvalue weighted by atomic mass is 35.5. The van der Waals surface area contributed by atoms with E-state index in [2.05, 4.69) is 25.7 Å². The minimum Gasteiger partial charge on any atom is -0.438 e. The quantitative estimate of drug-likeness (QED) is 0.227. The van der Waals surface area contributed by atoms with Crippen LogP contribution in [0, 0.1) is 6.92 Å². The third kappa shape index (κ3) is 6.58. The standard InChI is InChI=1S/C28H24Cl2F3N7O/c1-16-23(24-36-26(34)38-27(37-24)35-13-12-17-6-3-2-4-7-17)25(40(39-16)22-11-10-19(29)15-21(22)30)41-20-9-5-8-18(14-20)28(31,32)33/h2-11,14-15,24H,12-13H2,1H3,(H4,34,35,36,37,38). The van der Waals surface area contributed by atoms with Gasteiger partial charge in [0.25, 0.3) is 0 Å². The fourth-order valence-corrected chi connectivity index (χ4v) is 4.74. The molecule has 8 nitrogen and oxygen atoms in total. The molecule has 5 rings (SSSR count). The molecule has 4 N–H and O–H groups in total. The molecule has 41 heavy (non-hydrogen) atoms. The molecule has 1 aromatic heterocycles. The predicted octanol–water partition coefficient (Wildman–Crippen LogP) is 6.40. The van der Waals surface area contributed by atoms with Gasteiger partial charge in [0, 0.05) is 11.6 Å². The number of hydrogen-bond donors (Lipinski definition) is 3. The number of halogens is 5. The smallest absolute Gasteiger partial charge is 0.416 e. The molecule has 3 aromatic carbocycles. The SMILES string of the molecule is Cc1nn(-c2ccc(Cl)cc2Cl)c(Oc2cccc(C(F)(F)F)c2)c1C1N=C(N)NC(=NCCc2ccccc2)N1. The van der Waals surface area contributed by atoms with Crippen molar-refractivity contribution in [3.8, 4) is 17.3 Å². The third-order valence-electron chi connectivity index (χ3n) is 6.15. The van der Waals surface area contributed by atoms with Gasteiger partial charge < -0.3 is 15.8 Å². The number of rotatable bonds is 7. The maximum absolute atomic E-state index is 13.4. The second-order valence-electron chi connectivity index (χ2n) is 9.09. The summed E-state index contributed by atoms with van der Waals surface area (Å²) in [6.45, 7) is 2.18. The van der Waals surface area contributed by atoms with Crippen LogP contribution >= 0.6 is 23.2 Å². The van der Waals surface area contributed by atoms with Gasteiger partial charge >= 0.3 is 6.18 Å². The number of guanidine groups is 2. The topological polar surface area (TPSA) is 102 Å². The van der Waals surface area contributed by atoms with Crippen LogP contribution in [-0.2, 0) is 12.6 Å². The molecule has 212 valence electrons. The summed E-state index contributed by atoms with van der Waals surface area (Å²) >= 11 is 12.6. The highest BCUT2D eigenvalue weighted by Crippen LogP contribution is 2.39. The van der Waals surface area contributed by atoms with Gasteiger partial charge in [-0.3, -0.25) is 10.3 Å². The van der Waals surface area contributed by atoms with Crippen molar-refractivity contribution >= 4 is 35.1 Å². The molecule has 0 radical (unpaired) electrons. The first-order valence-electron chi connectivity index (χ1n) is 12.4. The molecular weight excluding hydrogens is 578 g/mol. The molecule has 4 aromatic rings. The van der Waals surface area contributed by atoms with E-state index in [1.54, 1.807) is 19.1 Å². The van der Waals surface area contributed by atoms with Crippen molar-refractivity contribution in [3.63, 3.8) is 0 Å². The molecule has 13 heteroatoms. The van der Waals surface area contributed by atoms with E-state index >= 15 is 0 Å². The van der Waals surface area contributed by atoms with Crippen molar-refractivity contribution < 1.29 is 17.9 Å². The molecule has 0 saturated heterocycles. The van der Waals surface area contributed by atoms with Gasteiger partial charge in [0.2, 0.25) is 5.88 Å². The molecule has 2 heterocycles. The zero-order valence-corrected chi connectivity index (χ0v) is 23.1. The Kier molecular flexibility index (Phi) is 8.09. The number of nitrogens with zero attached hydrogens (tertiary/aromatic N) is 4. The Bertz CT molecular complexity index is 1620. The molecule has 0 fully saturated rings. The molecular formula is C28H24Cl2F3N7O. The summed E-state index contributed by atoms with van der Waals surface area (Å²) in [7, 11) is 0. The molecule has 1 aliphatic rings. The number of nitrogens with two attached hydrogens (primary N) is 1. The number of benzene rings is 3. The van der Waals surface area contributed by atoms with Crippen molar-refractivity contribution in [3.05, 3.63) is 105 Å². The van der Waals surface area contributed by atoms with E-state index in [1.807, 2.05) is 30.3 Å². The van der Waals surface area contributed by atoms with E-state index < -0.39 is 17.9 Å². The van der Waals surface area contributed by atoms with Gasteiger partial charge in [0.1, 0.15) is 5.75 Å². The monoisotopic (exact) mass is 601 g/mol. The summed E-state index contributed by atoms with van der Waals surface area (Å²) < 4.78 is 47.8. The van der Waals surface area contributed by atoms with Gasteiger partial charge in [-0.1, -0.05) is 59.6 Å². The number of nitrogens with one attached hydrogen (secondary N) is 2. The Morgan fingerprint density at radius 1 is 1.05 bits per heavy atom. The molecule has 0 bridgehead atoms. The number of aromatic nitrogens is 2. The van der Waals surface area contributed by atoms with Crippen molar-refractivity contribution in [1.29, 1.82) is 0 Å². The number of ether oxygens (including phenoxy) is 1. The lowest BCUT2D eigenvalue weighted by molar-refractivity contribution is -0.137. The first-order chi connectivity index (χ1) is 19.6. The summed E-state index contributed by atoms with van der Waals surface area (Å²) in [6, 6.07) is 19.2. The van der Waals surface area contributed by atoms with E-state index in [9.17, 15) is 13.2 Å². The van der Waals surface area contributed by atoms with Crippen LogP contribution in [-0.4, -0.2) is 28.2 Å². The summed E-state index contributed by atoms with van der Waals surface area (Å²) in [4.78, 5) is 9.04. The van der Waals surface area contributed by atoms with Crippen LogP contribution in [0.1, 0.15) is 28.6 Å². The fourth-order valence-electron chi connectivity index (χ4n) is 4.25. The van der Waals surface area contributed by atoms with Crippen LogP contribution in [0.4, 0.5) is 13.2 Å². The second kappa shape index (κ2) is 11.7. The first-order valence-corrected chi connectivity index (χ1v) is 13.2. The molecule has 1 atom stereocenters. The Hall–Kier alpha value is -4.22. The van der Waals surface area contributed by atoms with Crippen molar-refractivity contribution in [2.45, 2.75) is 25.7 Å². The molecule has 0 saturated carbocycles. The first kappa shape index (κ1) is 28.3. The highest BCUT2D eigenvalue weighted by molar-refractivity contribution is 6.35. The molecule has 1 aliphatic heterocycles. The van der Waals surface area contributed by atoms with Gasteiger partial charge in [0.05, 0.1) is 27.5 Å². The van der Waals surface area contributed by atoms with Crippen molar-refractivity contribution in [1.82, 2.24) is 20.4 Å². The Morgan fingerprint density at radius 3 is 2.56 bits per heavy atom. The van der Waals surface area contributed by atoms with Crippen molar-refractivity contribution in [2.24, 2.45) is 15.7 Å². The molecule has 0 amide bonds. The van der Waals surface area contributed by atoms with Gasteiger partial charge in [-0.2, -0.15) is 23.0 Å². The second-order valence-corrected chi connectivity index (χ2v) is 9.94. The number of aryl methyl sites for hydroxylation is 1. The Balaban J connectivity index is 1.54. The summed E-state index contributed by atoms with van der Waals surface area (Å²) in [5.74, 6) is 0.495. The maximum atomic E-state index is 13.4. The van der Waals surface area contributed by atoms with E-state index in [0.717, 1.165) is 17.7 Å². The van der Waals surface area contributed by atoms with Gasteiger partial charge in [0.15, 0.2) is 18.1 Å². The summed E-state index contributed by atoms with van der Waals surface area (Å²) in [5, 5.41) is 11.3. The fraction of sp³-hybridized carbons (Fsp3) is 0.179. The lowest BCUT2D eigenvalue weighted by Gasteiger charge is -2.24. The van der Waals surface area contributed by atoms with E-state index in [4.69, 9.17) is 33.7 Å². The lowest BCUT2D eigenvalue weighted by atomic mass is 10.1. The van der Waals surface area contributed by atoms with E-state index in [1.165, 1.54) is 22.9 Å². The Morgan fingerprint density at radius 2 is 1.83 bits per heavy atom. The van der Waals surface area contributed by atoms with Gasteiger partial charge in [-0.15, -0.1) is 0 Å². The summed E-state index contributed by atoms with van der Waals surface area (Å²) in [5.41, 5.74) is 7.66. The number of hydrogen-bond acceptors (Lipinski definition) is 5. The summed E-state index contributed by atoms with van der Waals surface area (Å²) in [6.07, 6.45) is -4.68. The average Bonchev–Trinajstić information content (AvgIpc) is 3.23. The molecule has 0 spiro atoms. The zero-order chi connectivity index (χ0) is 29.1. The molecule has 0 aliphatic carbocycles. The number of aliphatic imine (C=N–C) groups is 2. The minimum atomic E-state index is -4.56. The predicted molar refractivity (Wildman–Crippen MR) is 153 cm³/mol. The van der Waals surface area contributed by atoms with Crippen LogP contribution in [0.15, 0.2) is 82.8 Å². The Labute approximate surface area is 243 Å². The van der Waals surface area contributed by atoms with Gasteiger partial charge in [-0.05, 0) is 55.3 Å². The van der Waals surface area contributed by atoms with Crippen LogP contribution in [0.5, 0.6) is 11.6 Å². The van der Waals surface area contributed by atoms with Crippen LogP contribution in [0.3, 0.4) is 0 Å². The van der Waals surface area contributed by atoms with Crippen LogP contribution in [0.2, 0.25) is 10.0 Å². The zero-order valence-electron chi connectivity index (χ0n) is 21.6. The van der Waals surface area contributed by atoms with Gasteiger partial charge in [-0.25, -0.2) is 4.99 Å². The maximum Gasteiger partial charge on any atom is 0.416 e. The average molecular weight is 602 g/mol. The third-order valence-corrected chi connectivity index (χ3v) is 6.69. The lowest BCUT2D eigenvalue weighted by Crippen LogP contribution is -2.50. The van der Waals surface area contributed by atoms with E-state index in [0.29, 0.717) is 40.9 Å². The van der Waals surface area contributed by atoms with Crippen LogP contribution in [0.25, 0.3) is 5.69 Å².